The zero-order valence-corrected chi connectivity index (χ0v) is 8.61. The normalized spacial score (nSPS) is 11.1. The van der Waals surface area contributed by atoms with Gasteiger partial charge in [-0.25, -0.2) is 0 Å². The molecule has 0 aromatic heterocycles. The van der Waals surface area contributed by atoms with Crippen LogP contribution >= 0.6 is 0 Å². The Kier molecular flexibility index (Phi) is 4.66. The van der Waals surface area contributed by atoms with Gasteiger partial charge in [0.1, 0.15) is 0 Å². The third-order valence-corrected chi connectivity index (χ3v) is 1.61. The second-order valence-corrected chi connectivity index (χ2v) is 3.63. The highest BCUT2D eigenvalue weighted by molar-refractivity contribution is 5.89. The fourth-order valence-electron chi connectivity index (χ4n) is 0.709. The smallest absolute Gasteiger partial charge is 0.170 e. The Bertz CT molecular complexity index is 194. The topological polar surface area (TPSA) is 67.1 Å². The molecule has 4 nitrogen and oxygen atoms in total. The van der Waals surface area contributed by atoms with Gasteiger partial charge in [0.2, 0.25) is 0 Å². The third kappa shape index (κ3) is 5.38. The van der Waals surface area contributed by atoms with Gasteiger partial charge in [0, 0.05) is 12.2 Å². The summed E-state index contributed by atoms with van der Waals surface area (Å²) in [4.78, 5) is 11.3. The first-order chi connectivity index (χ1) is 5.88. The number of nitrogens with two attached hydrogens (primary N) is 1. The molecule has 0 spiro atoms. The number of carbonyl (C=O) groups excluding carboxylic acids is 1. The molecule has 0 aliphatic rings. The van der Waals surface area contributed by atoms with Gasteiger partial charge < -0.3 is 16.4 Å². The Hall–Kier alpha value is -0.870. The van der Waals surface area contributed by atoms with Crippen LogP contribution in [0.25, 0.3) is 0 Å². The summed E-state index contributed by atoms with van der Waals surface area (Å²) in [5.74, 6) is -0.0234. The average Bonchev–Trinajstić information content (AvgIpc) is 1.99. The molecule has 76 valence electrons. The van der Waals surface area contributed by atoms with Gasteiger partial charge in [0.15, 0.2) is 5.78 Å². The Balaban J connectivity index is 3.77. The molecule has 0 aromatic carbocycles. The fourth-order valence-corrected chi connectivity index (χ4v) is 0.709. The first-order valence-corrected chi connectivity index (χ1v) is 4.26. The molecule has 0 unspecified atom stereocenters. The number of nitrogens with one attached hydrogen (secondary N) is 2. The van der Waals surface area contributed by atoms with E-state index in [4.69, 9.17) is 5.73 Å². The molecule has 0 rings (SSSR count). The fraction of sp³-hybridized carbons (Fsp3) is 0.667. The summed E-state index contributed by atoms with van der Waals surface area (Å²) in [6.45, 7) is 8.01. The molecule has 0 aliphatic heterocycles. The Morgan fingerprint density at radius 1 is 1.46 bits per heavy atom. The second-order valence-electron chi connectivity index (χ2n) is 3.63. The van der Waals surface area contributed by atoms with Crippen LogP contribution in [0.3, 0.4) is 0 Å². The van der Waals surface area contributed by atoms with Crippen molar-refractivity contribution in [3.63, 3.8) is 0 Å². The third-order valence-electron chi connectivity index (χ3n) is 1.61. The molecule has 0 heterocycles. The van der Waals surface area contributed by atoms with Crippen LogP contribution in [0.1, 0.15) is 13.8 Å². The van der Waals surface area contributed by atoms with E-state index in [2.05, 4.69) is 17.2 Å². The average molecular weight is 185 g/mol. The molecule has 4 heteroatoms. The summed E-state index contributed by atoms with van der Waals surface area (Å²) in [5.41, 5.74) is 5.63. The van der Waals surface area contributed by atoms with Crippen LogP contribution in [0.15, 0.2) is 12.3 Å². The predicted molar refractivity (Wildman–Crippen MR) is 54.3 cm³/mol. The lowest BCUT2D eigenvalue weighted by Gasteiger charge is -2.18. The van der Waals surface area contributed by atoms with Crippen molar-refractivity contribution in [2.45, 2.75) is 19.4 Å². The second kappa shape index (κ2) is 4.99. The van der Waals surface area contributed by atoms with Gasteiger partial charge in [-0.15, -0.1) is 0 Å². The minimum absolute atomic E-state index is 0.0234. The maximum absolute atomic E-state index is 11.3. The van der Waals surface area contributed by atoms with E-state index in [-0.39, 0.29) is 12.3 Å². The highest BCUT2D eigenvalue weighted by Crippen LogP contribution is 1.97. The van der Waals surface area contributed by atoms with E-state index in [0.29, 0.717) is 6.54 Å². The van der Waals surface area contributed by atoms with E-state index in [0.717, 1.165) is 5.70 Å². The van der Waals surface area contributed by atoms with Gasteiger partial charge in [0.05, 0.1) is 12.1 Å². The minimum Gasteiger partial charge on any atom is -0.381 e. The van der Waals surface area contributed by atoms with Crippen LogP contribution in [0.5, 0.6) is 0 Å². The van der Waals surface area contributed by atoms with Crippen molar-refractivity contribution in [2.24, 2.45) is 5.73 Å². The van der Waals surface area contributed by atoms with Gasteiger partial charge >= 0.3 is 0 Å². The van der Waals surface area contributed by atoms with Crippen LogP contribution < -0.4 is 16.4 Å². The predicted octanol–water partition coefficient (Wildman–Crippen LogP) is -0.384. The SMILES string of the molecule is C=C(CNC)NCC(=O)C(C)(C)N. The largest absolute Gasteiger partial charge is 0.381 e. The van der Waals surface area contributed by atoms with E-state index in [1.165, 1.54) is 0 Å². The van der Waals surface area contributed by atoms with Gasteiger partial charge in [-0.3, -0.25) is 4.79 Å². The molecule has 0 bridgehead atoms. The zero-order valence-electron chi connectivity index (χ0n) is 8.61. The summed E-state index contributed by atoms with van der Waals surface area (Å²) < 4.78 is 0. The van der Waals surface area contributed by atoms with E-state index < -0.39 is 5.54 Å². The van der Waals surface area contributed by atoms with Gasteiger partial charge in [0.25, 0.3) is 0 Å². The molecule has 4 N–H and O–H groups in total. The van der Waals surface area contributed by atoms with Gasteiger partial charge in [-0.1, -0.05) is 6.58 Å². The van der Waals surface area contributed by atoms with Crippen molar-refractivity contribution in [1.29, 1.82) is 0 Å². The molecule has 0 saturated carbocycles. The first-order valence-electron chi connectivity index (χ1n) is 4.26. The number of hydrogen-bond donors (Lipinski definition) is 3. The summed E-state index contributed by atoms with van der Waals surface area (Å²) in [5, 5.41) is 5.83. The molecule has 0 aliphatic carbocycles. The maximum Gasteiger partial charge on any atom is 0.170 e. The van der Waals surface area contributed by atoms with Crippen molar-refractivity contribution < 1.29 is 4.79 Å². The zero-order chi connectivity index (χ0) is 10.5. The summed E-state index contributed by atoms with van der Waals surface area (Å²) in [6.07, 6.45) is 0. The molecule has 0 amide bonds. The highest BCUT2D eigenvalue weighted by atomic mass is 16.1. The number of likely N-dealkylation sites (N-methyl/N-ethyl adjacent to an activating group) is 1. The lowest BCUT2D eigenvalue weighted by atomic mass is 10.0. The quantitative estimate of drug-likeness (QED) is 0.527. The number of Topliss-reactive ketones (excluding diaryl/α,β-unsaturated/α-hetero) is 1. The highest BCUT2D eigenvalue weighted by Gasteiger charge is 2.20. The molecule has 0 saturated heterocycles. The Labute approximate surface area is 79.6 Å². The van der Waals surface area contributed by atoms with Crippen LogP contribution in [0.2, 0.25) is 0 Å². The van der Waals surface area contributed by atoms with E-state index in [9.17, 15) is 4.79 Å². The van der Waals surface area contributed by atoms with Crippen LogP contribution in [0, 0.1) is 0 Å². The van der Waals surface area contributed by atoms with E-state index >= 15 is 0 Å². The molecule has 0 aromatic rings. The van der Waals surface area contributed by atoms with Crippen molar-refractivity contribution in [2.75, 3.05) is 20.1 Å². The number of rotatable bonds is 6. The number of hydrogen-bond acceptors (Lipinski definition) is 4. The van der Waals surface area contributed by atoms with Gasteiger partial charge in [-0.05, 0) is 20.9 Å². The minimum atomic E-state index is -0.771. The number of carbonyl (C=O) groups is 1. The molecular formula is C9H19N3O. The maximum atomic E-state index is 11.3. The van der Waals surface area contributed by atoms with Crippen molar-refractivity contribution in [3.05, 3.63) is 12.3 Å². The monoisotopic (exact) mass is 185 g/mol. The molecular weight excluding hydrogens is 166 g/mol. The Morgan fingerprint density at radius 2 is 2.00 bits per heavy atom. The number of ketones is 1. The standard InChI is InChI=1S/C9H19N3O/c1-7(5-11-4)12-6-8(13)9(2,3)10/h11-12H,1,5-6,10H2,2-4H3. The Morgan fingerprint density at radius 3 is 2.38 bits per heavy atom. The lowest BCUT2D eigenvalue weighted by Crippen LogP contribution is -2.46. The summed E-state index contributed by atoms with van der Waals surface area (Å²) in [7, 11) is 1.82. The lowest BCUT2D eigenvalue weighted by molar-refractivity contribution is -0.122. The first kappa shape index (κ1) is 12.1. The molecule has 0 radical (unpaired) electrons. The molecule has 0 fully saturated rings. The summed E-state index contributed by atoms with van der Waals surface area (Å²) in [6, 6.07) is 0. The van der Waals surface area contributed by atoms with Gasteiger partial charge in [-0.2, -0.15) is 0 Å². The summed E-state index contributed by atoms with van der Waals surface area (Å²) >= 11 is 0. The van der Waals surface area contributed by atoms with Crippen molar-refractivity contribution in [3.8, 4) is 0 Å². The van der Waals surface area contributed by atoms with Crippen LogP contribution in [-0.4, -0.2) is 31.5 Å². The van der Waals surface area contributed by atoms with Crippen LogP contribution in [0.4, 0.5) is 0 Å². The van der Waals surface area contributed by atoms with Crippen LogP contribution in [-0.2, 0) is 4.79 Å². The molecule has 13 heavy (non-hydrogen) atoms. The van der Waals surface area contributed by atoms with E-state index in [1.807, 2.05) is 7.05 Å². The van der Waals surface area contributed by atoms with Crippen molar-refractivity contribution >= 4 is 5.78 Å². The van der Waals surface area contributed by atoms with Crippen molar-refractivity contribution in [1.82, 2.24) is 10.6 Å². The van der Waals surface area contributed by atoms with E-state index in [1.54, 1.807) is 13.8 Å². The molecule has 0 atom stereocenters.